The fourth-order valence-corrected chi connectivity index (χ4v) is 12.5. The van der Waals surface area contributed by atoms with Gasteiger partial charge in [-0.3, -0.25) is 0 Å². The molecule has 2 atom stereocenters. The molecule has 2 heterocycles. The molecule has 0 bridgehead atoms. The first-order valence-electron chi connectivity index (χ1n) is 12.6. The van der Waals surface area contributed by atoms with Crippen LogP contribution in [-0.4, -0.2) is 0 Å². The van der Waals surface area contributed by atoms with E-state index >= 15 is 0 Å². The molecule has 0 aliphatic carbocycles. The Morgan fingerprint density at radius 1 is 0.579 bits per heavy atom. The molecule has 4 heteroatoms. The molecule has 38 heavy (non-hydrogen) atoms. The van der Waals surface area contributed by atoms with Gasteiger partial charge < -0.3 is 8.83 Å². The monoisotopic (exact) mass is 529 g/mol. The Kier molecular flexibility index (Phi) is 7.10. The van der Waals surface area contributed by atoms with Gasteiger partial charge in [0.1, 0.15) is 11.3 Å². The predicted molar refractivity (Wildman–Crippen MR) is 162 cm³/mol. The third-order valence-corrected chi connectivity index (χ3v) is 13.9. The number of benzene rings is 4. The summed E-state index contributed by atoms with van der Waals surface area (Å²) < 4.78 is 11.9. The quantitative estimate of drug-likeness (QED) is 0.195. The van der Waals surface area contributed by atoms with Crippen LogP contribution in [0.25, 0.3) is 22.5 Å². The van der Waals surface area contributed by atoms with Gasteiger partial charge in [-0.2, -0.15) is 0 Å². The van der Waals surface area contributed by atoms with Crippen molar-refractivity contribution in [2.45, 2.75) is 13.8 Å². The number of rotatable bonds is 7. The third kappa shape index (κ3) is 4.79. The van der Waals surface area contributed by atoms with Crippen molar-refractivity contribution >= 4 is 36.6 Å². The van der Waals surface area contributed by atoms with Crippen LogP contribution in [0.4, 0.5) is 0 Å². The lowest BCUT2D eigenvalue weighted by Gasteiger charge is -2.30. The van der Waals surface area contributed by atoms with Crippen LogP contribution in [-0.2, 0) is 0 Å². The van der Waals surface area contributed by atoms with Crippen molar-refractivity contribution in [2.24, 2.45) is 0 Å². The summed E-state index contributed by atoms with van der Waals surface area (Å²) in [6.45, 7) is 4.38. The first-order chi connectivity index (χ1) is 18.7. The molecule has 6 rings (SSSR count). The van der Waals surface area contributed by atoms with E-state index in [-0.39, 0.29) is 0 Å². The Bertz CT molecular complexity index is 1620. The molecule has 0 N–H and O–H groups in total. The molecule has 0 saturated heterocycles. The molecule has 0 fully saturated rings. The van der Waals surface area contributed by atoms with E-state index in [1.54, 1.807) is 12.5 Å². The highest BCUT2D eigenvalue weighted by molar-refractivity contribution is 8.41. The van der Waals surface area contributed by atoms with Crippen molar-refractivity contribution in [2.75, 3.05) is 0 Å². The number of hydrogen-bond donors (Lipinski definition) is 0. The second kappa shape index (κ2) is 11.0. The van der Waals surface area contributed by atoms with Crippen LogP contribution in [0.2, 0.25) is 0 Å². The molecular weight excluding hydrogens is 502 g/mol. The number of hydrogen-bond acceptors (Lipinski definition) is 2. The Hall–Kier alpha value is -3.70. The summed E-state index contributed by atoms with van der Waals surface area (Å²) in [6.07, 6.45) is 3.52. The molecule has 1 radical (unpaired) electrons. The van der Waals surface area contributed by atoms with E-state index in [1.807, 2.05) is 24.3 Å². The van der Waals surface area contributed by atoms with Gasteiger partial charge in [0, 0.05) is 13.2 Å². The first-order valence-corrected chi connectivity index (χ1v) is 16.0. The van der Waals surface area contributed by atoms with Gasteiger partial charge in [0.15, 0.2) is 0 Å². The van der Waals surface area contributed by atoms with E-state index in [9.17, 15) is 0 Å². The van der Waals surface area contributed by atoms with Crippen LogP contribution in [0.3, 0.4) is 0 Å². The van der Waals surface area contributed by atoms with E-state index in [4.69, 9.17) is 8.83 Å². The number of furan rings is 2. The van der Waals surface area contributed by atoms with Gasteiger partial charge in [0.05, 0.1) is 12.5 Å². The Labute approximate surface area is 226 Å². The van der Waals surface area contributed by atoms with Crippen LogP contribution in [0.15, 0.2) is 137 Å². The minimum absolute atomic E-state index is 0.813. The van der Waals surface area contributed by atoms with Gasteiger partial charge in [-0.1, -0.05) is 91.0 Å². The Morgan fingerprint density at radius 2 is 1.32 bits per heavy atom. The molecule has 2 aromatic heterocycles. The molecule has 0 amide bonds. The lowest BCUT2D eigenvalue weighted by atomic mass is 9.97. The van der Waals surface area contributed by atoms with Crippen LogP contribution in [0.1, 0.15) is 11.1 Å². The lowest BCUT2D eigenvalue weighted by Crippen LogP contribution is -2.21. The van der Waals surface area contributed by atoms with Crippen molar-refractivity contribution in [3.05, 3.63) is 145 Å². The zero-order chi connectivity index (χ0) is 25.9. The van der Waals surface area contributed by atoms with Gasteiger partial charge in [-0.05, 0) is 90.0 Å². The van der Waals surface area contributed by atoms with Crippen LogP contribution < -0.4 is 21.4 Å². The van der Waals surface area contributed by atoms with E-state index in [0.29, 0.717) is 0 Å². The summed E-state index contributed by atoms with van der Waals surface area (Å²) in [4.78, 5) is 0. The minimum atomic E-state index is -0.903. The fourth-order valence-electron chi connectivity index (χ4n) is 4.82. The highest BCUT2D eigenvalue weighted by Gasteiger charge is 2.32. The average Bonchev–Trinajstić information content (AvgIpc) is 3.68. The second-order valence-electron chi connectivity index (χ2n) is 9.13. The summed E-state index contributed by atoms with van der Waals surface area (Å²) in [7, 11) is -1.72. The predicted octanol–water partition coefficient (Wildman–Crippen LogP) is 8.10. The van der Waals surface area contributed by atoms with E-state index < -0.39 is 15.2 Å². The lowest BCUT2D eigenvalue weighted by molar-refractivity contribution is 0.582. The summed E-state index contributed by atoms with van der Waals surface area (Å²) in [5, 5.41) is 3.97. The standard InChI is InChI=1S/C34H27O2P2/c1-25-11-6-7-15-30(25)34-26(2)12-8-17-32(34)38(33-18-10-24-36-33)37(28-13-4-3-5-14-28)29-21-19-27(20-22-29)31-16-9-23-35-31/h3-14,16-24H,1-2H3/t37?,38-/m0/s1. The normalized spacial score (nSPS) is 12.8. The topological polar surface area (TPSA) is 26.3 Å². The van der Waals surface area contributed by atoms with Crippen molar-refractivity contribution in [1.82, 2.24) is 0 Å². The zero-order valence-electron chi connectivity index (χ0n) is 21.3. The zero-order valence-corrected chi connectivity index (χ0v) is 23.1. The summed E-state index contributed by atoms with van der Waals surface area (Å²) in [6, 6.07) is 44.4. The Balaban J connectivity index is 1.58. The first kappa shape index (κ1) is 24.6. The molecule has 6 aromatic rings. The summed E-state index contributed by atoms with van der Waals surface area (Å²) >= 11 is 0. The van der Waals surface area contributed by atoms with Crippen molar-refractivity contribution in [3.63, 3.8) is 0 Å². The average molecular weight is 530 g/mol. The largest absolute Gasteiger partial charge is 0.464 e. The SMILES string of the molecule is Cc1ccc[c]c1-c1c(C)cccc1[P@@](c1ccco1)P(c1ccccc1)c1ccc(-c2ccco2)cc1. The minimum Gasteiger partial charge on any atom is -0.464 e. The maximum Gasteiger partial charge on any atom is 0.134 e. The van der Waals surface area contributed by atoms with Crippen molar-refractivity contribution < 1.29 is 8.83 Å². The van der Waals surface area contributed by atoms with E-state index in [2.05, 4.69) is 111 Å². The van der Waals surface area contributed by atoms with Gasteiger partial charge in [-0.15, -0.1) is 0 Å². The van der Waals surface area contributed by atoms with Gasteiger partial charge in [0.25, 0.3) is 0 Å². The number of aryl methyl sites for hydroxylation is 2. The second-order valence-corrected chi connectivity index (χ2v) is 14.7. The van der Waals surface area contributed by atoms with Crippen molar-refractivity contribution in [3.8, 4) is 22.5 Å². The van der Waals surface area contributed by atoms with E-state index in [1.165, 1.54) is 32.6 Å². The molecule has 1 unspecified atom stereocenters. The maximum absolute atomic E-state index is 6.24. The molecule has 4 aromatic carbocycles. The maximum atomic E-state index is 6.24. The van der Waals surface area contributed by atoms with E-state index in [0.717, 1.165) is 22.4 Å². The van der Waals surface area contributed by atoms with Gasteiger partial charge >= 0.3 is 0 Å². The summed E-state index contributed by atoms with van der Waals surface area (Å²) in [5.74, 6) is 0.880. The van der Waals surface area contributed by atoms with Crippen LogP contribution in [0.5, 0.6) is 0 Å². The molecule has 0 saturated carbocycles. The van der Waals surface area contributed by atoms with Crippen molar-refractivity contribution in [1.29, 1.82) is 0 Å². The highest BCUT2D eigenvalue weighted by atomic mass is 32.1. The van der Waals surface area contributed by atoms with Gasteiger partial charge in [-0.25, -0.2) is 0 Å². The van der Waals surface area contributed by atoms with Gasteiger partial charge in [0.2, 0.25) is 0 Å². The third-order valence-electron chi connectivity index (χ3n) is 6.63. The van der Waals surface area contributed by atoms with Crippen LogP contribution in [0, 0.1) is 19.9 Å². The smallest absolute Gasteiger partial charge is 0.134 e. The molecule has 2 nitrogen and oxygen atoms in total. The molecule has 185 valence electrons. The highest BCUT2D eigenvalue weighted by Crippen LogP contribution is 2.66. The fraction of sp³-hybridized carbons (Fsp3) is 0.0588. The summed E-state index contributed by atoms with van der Waals surface area (Å²) in [5.41, 5.74) is 7.02. The molecular formula is C34H27O2P2. The van der Waals surface area contributed by atoms with Crippen LogP contribution >= 0.6 is 15.2 Å². The molecule has 0 aliphatic heterocycles. The molecule has 0 spiro atoms. The Morgan fingerprint density at radius 3 is 2.03 bits per heavy atom. The molecule has 0 aliphatic rings.